The van der Waals surface area contributed by atoms with E-state index in [2.05, 4.69) is 15.9 Å². The van der Waals surface area contributed by atoms with Crippen LogP contribution in [0.15, 0.2) is 40.9 Å². The van der Waals surface area contributed by atoms with Crippen LogP contribution in [-0.4, -0.2) is 11.1 Å². The van der Waals surface area contributed by atoms with Crippen molar-refractivity contribution in [3.8, 4) is 5.75 Å². The molecular weight excluding hydrogens is 334 g/mol. The standard InChI is InChI=1S/C14H9BrF2O3/c15-11-6-9(16)4-5-12(11)20-7-8-2-1-3-10(13(8)17)14(18)19/h1-6H,7H2,(H,18,19). The van der Waals surface area contributed by atoms with Gasteiger partial charge in [0.05, 0.1) is 10.0 Å². The molecule has 104 valence electrons. The van der Waals surface area contributed by atoms with Crippen molar-refractivity contribution in [2.24, 2.45) is 0 Å². The lowest BCUT2D eigenvalue weighted by molar-refractivity contribution is 0.0691. The lowest BCUT2D eigenvalue weighted by atomic mass is 10.1. The number of aromatic carboxylic acids is 1. The molecule has 0 spiro atoms. The molecule has 0 saturated carbocycles. The summed E-state index contributed by atoms with van der Waals surface area (Å²) in [7, 11) is 0. The summed E-state index contributed by atoms with van der Waals surface area (Å²) >= 11 is 3.12. The number of ether oxygens (including phenoxy) is 1. The summed E-state index contributed by atoms with van der Waals surface area (Å²) in [6.45, 7) is -0.156. The molecule has 0 fully saturated rings. The minimum atomic E-state index is -1.34. The van der Waals surface area contributed by atoms with Crippen molar-refractivity contribution in [3.63, 3.8) is 0 Å². The van der Waals surface area contributed by atoms with E-state index in [0.717, 1.165) is 0 Å². The van der Waals surface area contributed by atoms with Gasteiger partial charge in [-0.05, 0) is 40.2 Å². The minimum absolute atomic E-state index is 0.112. The van der Waals surface area contributed by atoms with Gasteiger partial charge < -0.3 is 9.84 Å². The molecule has 2 aromatic carbocycles. The molecule has 0 aromatic heterocycles. The molecule has 0 aliphatic carbocycles. The van der Waals surface area contributed by atoms with Gasteiger partial charge in [-0.2, -0.15) is 0 Å². The second-order valence-electron chi connectivity index (χ2n) is 3.95. The van der Waals surface area contributed by atoms with Crippen LogP contribution < -0.4 is 4.74 Å². The molecule has 3 nitrogen and oxygen atoms in total. The van der Waals surface area contributed by atoms with Crippen LogP contribution in [0, 0.1) is 11.6 Å². The number of rotatable bonds is 4. The summed E-state index contributed by atoms with van der Waals surface area (Å²) in [4.78, 5) is 10.8. The number of carboxylic acid groups (broad SMARTS) is 1. The van der Waals surface area contributed by atoms with Gasteiger partial charge in [-0.3, -0.25) is 0 Å². The molecule has 0 aliphatic rings. The van der Waals surface area contributed by atoms with E-state index in [9.17, 15) is 13.6 Å². The van der Waals surface area contributed by atoms with Crippen LogP contribution in [0.3, 0.4) is 0 Å². The first-order chi connectivity index (χ1) is 9.49. The highest BCUT2D eigenvalue weighted by atomic mass is 79.9. The van der Waals surface area contributed by atoms with E-state index in [0.29, 0.717) is 10.2 Å². The third kappa shape index (κ3) is 3.14. The highest BCUT2D eigenvalue weighted by Gasteiger charge is 2.14. The highest BCUT2D eigenvalue weighted by Crippen LogP contribution is 2.26. The van der Waals surface area contributed by atoms with Crippen molar-refractivity contribution in [1.82, 2.24) is 0 Å². The molecule has 0 bridgehead atoms. The molecule has 0 heterocycles. The van der Waals surface area contributed by atoms with E-state index in [1.807, 2.05) is 0 Å². The highest BCUT2D eigenvalue weighted by molar-refractivity contribution is 9.10. The third-order valence-electron chi connectivity index (χ3n) is 2.59. The molecule has 0 atom stereocenters. The average Bonchev–Trinajstić information content (AvgIpc) is 2.39. The first-order valence-electron chi connectivity index (χ1n) is 5.57. The van der Waals surface area contributed by atoms with Crippen molar-refractivity contribution >= 4 is 21.9 Å². The fourth-order valence-corrected chi connectivity index (χ4v) is 2.07. The van der Waals surface area contributed by atoms with Gasteiger partial charge in [0.15, 0.2) is 0 Å². The van der Waals surface area contributed by atoms with Crippen molar-refractivity contribution in [1.29, 1.82) is 0 Å². The Balaban J connectivity index is 2.19. The Hall–Kier alpha value is -1.95. The molecule has 2 rings (SSSR count). The van der Waals surface area contributed by atoms with Crippen LogP contribution in [0.5, 0.6) is 5.75 Å². The molecule has 0 aliphatic heterocycles. The number of carbonyl (C=O) groups is 1. The largest absolute Gasteiger partial charge is 0.488 e. The number of hydrogen-bond donors (Lipinski definition) is 1. The quantitative estimate of drug-likeness (QED) is 0.913. The Morgan fingerprint density at radius 2 is 2.00 bits per heavy atom. The van der Waals surface area contributed by atoms with Gasteiger partial charge in [-0.25, -0.2) is 13.6 Å². The van der Waals surface area contributed by atoms with E-state index >= 15 is 0 Å². The molecule has 0 radical (unpaired) electrons. The summed E-state index contributed by atoms with van der Waals surface area (Å²) in [5.41, 5.74) is -0.301. The lowest BCUT2D eigenvalue weighted by Gasteiger charge is -2.10. The van der Waals surface area contributed by atoms with Gasteiger partial charge in [0.1, 0.15) is 24.0 Å². The fraction of sp³-hybridized carbons (Fsp3) is 0.0714. The van der Waals surface area contributed by atoms with Crippen LogP contribution in [0.25, 0.3) is 0 Å². The van der Waals surface area contributed by atoms with Crippen molar-refractivity contribution in [2.45, 2.75) is 6.61 Å². The van der Waals surface area contributed by atoms with Crippen LogP contribution in [0.2, 0.25) is 0 Å². The zero-order chi connectivity index (χ0) is 14.7. The molecule has 6 heteroatoms. The molecule has 0 unspecified atom stereocenters. The third-order valence-corrected chi connectivity index (χ3v) is 3.21. The molecule has 1 N–H and O–H groups in total. The van der Waals surface area contributed by atoms with E-state index in [-0.39, 0.29) is 12.2 Å². The van der Waals surface area contributed by atoms with Crippen molar-refractivity contribution in [3.05, 3.63) is 63.6 Å². The first-order valence-corrected chi connectivity index (χ1v) is 6.37. The molecule has 2 aromatic rings. The van der Waals surface area contributed by atoms with E-state index in [1.165, 1.54) is 36.4 Å². The van der Waals surface area contributed by atoms with Crippen molar-refractivity contribution < 1.29 is 23.4 Å². The lowest BCUT2D eigenvalue weighted by Crippen LogP contribution is -2.06. The monoisotopic (exact) mass is 342 g/mol. The van der Waals surface area contributed by atoms with E-state index in [4.69, 9.17) is 9.84 Å². The summed E-state index contributed by atoms with van der Waals surface area (Å²) in [6.07, 6.45) is 0. The van der Waals surface area contributed by atoms with Crippen LogP contribution in [0.1, 0.15) is 15.9 Å². The van der Waals surface area contributed by atoms with E-state index < -0.39 is 23.2 Å². The maximum Gasteiger partial charge on any atom is 0.338 e. The number of carboxylic acids is 1. The van der Waals surface area contributed by atoms with Crippen LogP contribution in [0.4, 0.5) is 8.78 Å². The summed E-state index contributed by atoms with van der Waals surface area (Å²) in [5.74, 6) is -2.26. The summed E-state index contributed by atoms with van der Waals surface area (Å²) in [5, 5.41) is 8.82. The zero-order valence-corrected chi connectivity index (χ0v) is 11.7. The van der Waals surface area contributed by atoms with Gasteiger partial charge >= 0.3 is 5.97 Å². The minimum Gasteiger partial charge on any atom is -0.488 e. The van der Waals surface area contributed by atoms with Gasteiger partial charge in [0.2, 0.25) is 0 Å². The van der Waals surface area contributed by atoms with Gasteiger partial charge in [-0.1, -0.05) is 12.1 Å². The number of benzene rings is 2. The maximum absolute atomic E-state index is 13.9. The van der Waals surface area contributed by atoms with Crippen molar-refractivity contribution in [2.75, 3.05) is 0 Å². The Morgan fingerprint density at radius 1 is 1.25 bits per heavy atom. The number of halogens is 3. The smallest absolute Gasteiger partial charge is 0.338 e. The zero-order valence-electron chi connectivity index (χ0n) is 10.1. The SMILES string of the molecule is O=C(O)c1cccc(COc2ccc(F)cc2Br)c1F. The Bertz CT molecular complexity index is 659. The normalized spacial score (nSPS) is 10.3. The van der Waals surface area contributed by atoms with Gasteiger partial charge in [-0.15, -0.1) is 0 Å². The molecular formula is C14H9BrF2O3. The van der Waals surface area contributed by atoms with Gasteiger partial charge in [0.25, 0.3) is 0 Å². The molecule has 20 heavy (non-hydrogen) atoms. The van der Waals surface area contributed by atoms with Gasteiger partial charge in [0, 0.05) is 5.56 Å². The maximum atomic E-state index is 13.9. The average molecular weight is 343 g/mol. The van der Waals surface area contributed by atoms with Crippen LogP contribution >= 0.6 is 15.9 Å². The molecule has 0 amide bonds. The predicted molar refractivity (Wildman–Crippen MR) is 71.8 cm³/mol. The predicted octanol–water partition coefficient (Wildman–Crippen LogP) is 4.00. The summed E-state index contributed by atoms with van der Waals surface area (Å²) < 4.78 is 32.5. The van der Waals surface area contributed by atoms with Crippen LogP contribution in [-0.2, 0) is 6.61 Å². The first kappa shape index (κ1) is 14.5. The topological polar surface area (TPSA) is 46.5 Å². The fourth-order valence-electron chi connectivity index (χ4n) is 1.60. The second kappa shape index (κ2) is 6.00. The summed E-state index contributed by atoms with van der Waals surface area (Å²) in [6, 6.07) is 7.88. The Labute approximate surface area is 121 Å². The molecule has 0 saturated heterocycles. The Morgan fingerprint density at radius 3 is 2.65 bits per heavy atom. The second-order valence-corrected chi connectivity index (χ2v) is 4.80. The van der Waals surface area contributed by atoms with E-state index in [1.54, 1.807) is 0 Å². The number of hydrogen-bond acceptors (Lipinski definition) is 2. The Kier molecular flexibility index (Phi) is 4.34.